The van der Waals surface area contributed by atoms with E-state index in [2.05, 4.69) is 5.32 Å². The van der Waals surface area contributed by atoms with Gasteiger partial charge in [-0.2, -0.15) is 0 Å². The second-order valence-electron chi connectivity index (χ2n) is 3.91. The van der Waals surface area contributed by atoms with Crippen LogP contribution in [0.2, 0.25) is 0 Å². The van der Waals surface area contributed by atoms with E-state index in [0.29, 0.717) is 18.7 Å². The molecule has 0 aromatic heterocycles. The molecule has 1 unspecified atom stereocenters. The van der Waals surface area contributed by atoms with Crippen LogP contribution in [0.15, 0.2) is 24.3 Å². The number of para-hydroxylation sites is 1. The fourth-order valence-corrected chi connectivity index (χ4v) is 2.04. The molecule has 2 rings (SSSR count). The van der Waals surface area contributed by atoms with Crippen LogP contribution in [0.4, 0.5) is 10.1 Å². The van der Waals surface area contributed by atoms with E-state index in [0.717, 1.165) is 6.54 Å². The number of benzene rings is 1. The van der Waals surface area contributed by atoms with E-state index in [1.165, 1.54) is 11.0 Å². The second-order valence-corrected chi connectivity index (χ2v) is 3.91. The Morgan fingerprint density at radius 1 is 1.50 bits per heavy atom. The lowest BCUT2D eigenvalue weighted by Crippen LogP contribution is -2.32. The molecular weight excluding hydrogens is 207 g/mol. The first kappa shape index (κ1) is 11.1. The normalized spacial score (nSPS) is 20.5. The minimum atomic E-state index is -0.340. The molecule has 1 amide bonds. The Balaban J connectivity index is 2.17. The summed E-state index contributed by atoms with van der Waals surface area (Å²) in [5.74, 6) is -0.357. The van der Waals surface area contributed by atoms with Gasteiger partial charge < -0.3 is 10.2 Å². The fourth-order valence-electron chi connectivity index (χ4n) is 2.04. The van der Waals surface area contributed by atoms with E-state index >= 15 is 0 Å². The van der Waals surface area contributed by atoms with E-state index in [-0.39, 0.29) is 17.8 Å². The van der Waals surface area contributed by atoms with Gasteiger partial charge in [0, 0.05) is 19.0 Å². The van der Waals surface area contributed by atoms with Crippen molar-refractivity contribution >= 4 is 11.6 Å². The van der Waals surface area contributed by atoms with Gasteiger partial charge in [-0.15, -0.1) is 0 Å². The summed E-state index contributed by atoms with van der Waals surface area (Å²) < 4.78 is 13.5. The molecule has 1 aromatic carbocycles. The van der Waals surface area contributed by atoms with Gasteiger partial charge in [-0.05, 0) is 18.7 Å². The third kappa shape index (κ3) is 2.07. The number of carbonyl (C=O) groups excluding carboxylic acids is 1. The molecule has 0 radical (unpaired) electrons. The van der Waals surface area contributed by atoms with Crippen LogP contribution < -0.4 is 10.2 Å². The van der Waals surface area contributed by atoms with Crippen molar-refractivity contribution in [2.75, 3.05) is 18.0 Å². The number of hydrogen-bond acceptors (Lipinski definition) is 2. The fraction of sp³-hybridized carbons (Fsp3) is 0.417. The predicted molar refractivity (Wildman–Crippen MR) is 60.8 cm³/mol. The zero-order valence-electron chi connectivity index (χ0n) is 9.24. The van der Waals surface area contributed by atoms with E-state index in [1.807, 2.05) is 6.92 Å². The van der Waals surface area contributed by atoms with Crippen molar-refractivity contribution in [1.82, 2.24) is 5.32 Å². The SMILES string of the molecule is CCNC1CC(=O)N(c2ccccc2F)C1. The smallest absolute Gasteiger partial charge is 0.228 e. The average Bonchev–Trinajstić information content (AvgIpc) is 2.61. The first-order valence-corrected chi connectivity index (χ1v) is 5.50. The van der Waals surface area contributed by atoms with Crippen molar-refractivity contribution in [2.24, 2.45) is 0 Å². The lowest BCUT2D eigenvalue weighted by Gasteiger charge is -2.17. The molecule has 1 heterocycles. The van der Waals surface area contributed by atoms with Crippen molar-refractivity contribution in [2.45, 2.75) is 19.4 Å². The van der Waals surface area contributed by atoms with Crippen LogP contribution in [0.5, 0.6) is 0 Å². The van der Waals surface area contributed by atoms with Crippen LogP contribution in [-0.4, -0.2) is 25.0 Å². The number of rotatable bonds is 3. The molecule has 16 heavy (non-hydrogen) atoms. The van der Waals surface area contributed by atoms with Crippen molar-refractivity contribution in [3.63, 3.8) is 0 Å². The number of nitrogens with one attached hydrogen (secondary N) is 1. The maximum atomic E-state index is 13.5. The molecule has 1 aromatic rings. The third-order valence-electron chi connectivity index (χ3n) is 2.76. The van der Waals surface area contributed by atoms with E-state index < -0.39 is 0 Å². The zero-order valence-corrected chi connectivity index (χ0v) is 9.24. The summed E-state index contributed by atoms with van der Waals surface area (Å²) in [6.45, 7) is 3.37. The summed E-state index contributed by atoms with van der Waals surface area (Å²) in [7, 11) is 0. The molecule has 1 atom stereocenters. The Morgan fingerprint density at radius 2 is 2.25 bits per heavy atom. The molecule has 1 fully saturated rings. The number of anilines is 1. The van der Waals surface area contributed by atoms with E-state index in [1.54, 1.807) is 18.2 Å². The Kier molecular flexibility index (Phi) is 3.19. The largest absolute Gasteiger partial charge is 0.312 e. The summed E-state index contributed by atoms with van der Waals surface area (Å²) in [6.07, 6.45) is 0.447. The molecule has 1 aliphatic rings. The van der Waals surface area contributed by atoms with Gasteiger partial charge in [-0.1, -0.05) is 19.1 Å². The van der Waals surface area contributed by atoms with Crippen LogP contribution in [0.1, 0.15) is 13.3 Å². The number of carbonyl (C=O) groups is 1. The summed E-state index contributed by atoms with van der Waals surface area (Å²) in [5, 5.41) is 3.21. The first-order chi connectivity index (χ1) is 7.72. The standard InChI is InChI=1S/C12H15FN2O/c1-2-14-9-7-12(16)15(8-9)11-6-4-3-5-10(11)13/h3-6,9,14H,2,7-8H2,1H3. The maximum absolute atomic E-state index is 13.5. The Morgan fingerprint density at radius 3 is 2.94 bits per heavy atom. The molecule has 1 saturated heterocycles. The minimum absolute atomic E-state index is 0.0175. The summed E-state index contributed by atoms with van der Waals surface area (Å²) >= 11 is 0. The van der Waals surface area contributed by atoms with Gasteiger partial charge in [-0.25, -0.2) is 4.39 Å². The third-order valence-corrected chi connectivity index (χ3v) is 2.76. The zero-order chi connectivity index (χ0) is 11.5. The molecule has 3 nitrogen and oxygen atoms in total. The van der Waals surface area contributed by atoms with Gasteiger partial charge in [0.15, 0.2) is 0 Å². The van der Waals surface area contributed by atoms with E-state index in [4.69, 9.17) is 0 Å². The molecular formula is C12H15FN2O. The minimum Gasteiger partial charge on any atom is -0.312 e. The van der Waals surface area contributed by atoms with Gasteiger partial charge in [0.1, 0.15) is 5.82 Å². The highest BCUT2D eigenvalue weighted by atomic mass is 19.1. The monoisotopic (exact) mass is 222 g/mol. The van der Waals surface area contributed by atoms with Crippen LogP contribution in [0, 0.1) is 5.82 Å². The maximum Gasteiger partial charge on any atom is 0.228 e. The summed E-state index contributed by atoms with van der Waals surface area (Å²) in [4.78, 5) is 13.2. The summed E-state index contributed by atoms with van der Waals surface area (Å²) in [6, 6.07) is 6.52. The number of nitrogens with zero attached hydrogens (tertiary/aromatic N) is 1. The average molecular weight is 222 g/mol. The first-order valence-electron chi connectivity index (χ1n) is 5.50. The molecule has 86 valence electrons. The molecule has 0 bridgehead atoms. The molecule has 4 heteroatoms. The Labute approximate surface area is 94.3 Å². The van der Waals surface area contributed by atoms with Gasteiger partial charge in [0.2, 0.25) is 5.91 Å². The van der Waals surface area contributed by atoms with E-state index in [9.17, 15) is 9.18 Å². The van der Waals surface area contributed by atoms with Gasteiger partial charge in [-0.3, -0.25) is 4.79 Å². The molecule has 0 aliphatic carbocycles. The quantitative estimate of drug-likeness (QED) is 0.841. The highest BCUT2D eigenvalue weighted by Gasteiger charge is 2.31. The molecule has 1 N–H and O–H groups in total. The highest BCUT2D eigenvalue weighted by molar-refractivity contribution is 5.96. The number of likely N-dealkylation sites (N-methyl/N-ethyl adjacent to an activating group) is 1. The predicted octanol–water partition coefficient (Wildman–Crippen LogP) is 1.54. The molecule has 0 saturated carbocycles. The number of amides is 1. The lowest BCUT2D eigenvalue weighted by atomic mass is 10.2. The van der Waals surface area contributed by atoms with Crippen LogP contribution in [-0.2, 0) is 4.79 Å². The van der Waals surface area contributed by atoms with Gasteiger partial charge in [0.25, 0.3) is 0 Å². The lowest BCUT2D eigenvalue weighted by molar-refractivity contribution is -0.117. The topological polar surface area (TPSA) is 32.3 Å². The summed E-state index contributed by atoms with van der Waals surface area (Å²) in [5.41, 5.74) is 0.382. The van der Waals surface area contributed by atoms with Crippen molar-refractivity contribution < 1.29 is 9.18 Å². The second kappa shape index (κ2) is 4.61. The Hall–Kier alpha value is -1.42. The van der Waals surface area contributed by atoms with Crippen LogP contribution >= 0.6 is 0 Å². The van der Waals surface area contributed by atoms with Crippen molar-refractivity contribution in [3.05, 3.63) is 30.1 Å². The van der Waals surface area contributed by atoms with Crippen molar-refractivity contribution in [3.8, 4) is 0 Å². The Bertz CT molecular complexity index is 394. The van der Waals surface area contributed by atoms with Crippen LogP contribution in [0.25, 0.3) is 0 Å². The molecule has 0 spiro atoms. The number of hydrogen-bond donors (Lipinski definition) is 1. The van der Waals surface area contributed by atoms with Crippen LogP contribution in [0.3, 0.4) is 0 Å². The molecule has 1 aliphatic heterocycles. The number of halogens is 1. The van der Waals surface area contributed by atoms with Gasteiger partial charge >= 0.3 is 0 Å². The van der Waals surface area contributed by atoms with Crippen molar-refractivity contribution in [1.29, 1.82) is 0 Å². The van der Waals surface area contributed by atoms with Gasteiger partial charge in [0.05, 0.1) is 5.69 Å². The highest BCUT2D eigenvalue weighted by Crippen LogP contribution is 2.24.